The summed E-state index contributed by atoms with van der Waals surface area (Å²) in [7, 11) is 0. The summed E-state index contributed by atoms with van der Waals surface area (Å²) in [4.78, 5) is 20.0. The second-order valence-corrected chi connectivity index (χ2v) is 5.44. The average molecular weight is 283 g/mol. The van der Waals surface area contributed by atoms with Gasteiger partial charge in [0.05, 0.1) is 17.6 Å². The number of aromatic nitrogens is 2. The number of aryl methyl sites for hydroxylation is 1. The van der Waals surface area contributed by atoms with Crippen molar-refractivity contribution >= 4 is 6.09 Å². The van der Waals surface area contributed by atoms with E-state index in [0.717, 1.165) is 0 Å². The zero-order chi connectivity index (χ0) is 15.3. The van der Waals surface area contributed by atoms with Gasteiger partial charge < -0.3 is 9.84 Å². The maximum absolute atomic E-state index is 11.9. The Morgan fingerprint density at radius 2 is 2.10 bits per heavy atom. The van der Waals surface area contributed by atoms with Crippen molar-refractivity contribution in [2.24, 2.45) is 0 Å². The number of rotatable bonds is 4. The topological polar surface area (TPSA) is 95.8 Å². The van der Waals surface area contributed by atoms with E-state index in [1.54, 1.807) is 33.9 Å². The Hall–Kier alpha value is -1.73. The van der Waals surface area contributed by atoms with Crippen molar-refractivity contribution in [2.45, 2.75) is 45.8 Å². The quantitative estimate of drug-likeness (QED) is 0.646. The van der Waals surface area contributed by atoms with Crippen LogP contribution in [0, 0.1) is 6.92 Å². The van der Waals surface area contributed by atoms with Crippen LogP contribution in [0.2, 0.25) is 0 Å². The third-order valence-electron chi connectivity index (χ3n) is 2.39. The Morgan fingerprint density at radius 1 is 1.45 bits per heavy atom. The highest BCUT2D eigenvalue weighted by Crippen LogP contribution is 2.22. The number of hydrogen-bond acceptors (Lipinski definition) is 6. The van der Waals surface area contributed by atoms with Gasteiger partial charge in [-0.2, -0.15) is 5.06 Å². The van der Waals surface area contributed by atoms with E-state index in [1.807, 2.05) is 0 Å². The molecule has 0 aliphatic rings. The van der Waals surface area contributed by atoms with Crippen LogP contribution in [0.4, 0.5) is 4.79 Å². The lowest BCUT2D eigenvalue weighted by atomic mass is 10.1. The number of hydrogen-bond donors (Lipinski definition) is 2. The van der Waals surface area contributed by atoms with Crippen LogP contribution in [0.3, 0.4) is 0 Å². The maximum atomic E-state index is 11.9. The summed E-state index contributed by atoms with van der Waals surface area (Å²) in [6, 6.07) is -0.803. The van der Waals surface area contributed by atoms with Crippen LogP contribution in [0.1, 0.15) is 44.6 Å². The van der Waals surface area contributed by atoms with E-state index in [9.17, 15) is 10.0 Å². The Bertz CT molecular complexity index is 459. The van der Waals surface area contributed by atoms with Crippen LogP contribution in [0.25, 0.3) is 0 Å². The second kappa shape index (κ2) is 6.62. The molecule has 0 saturated heterocycles. The van der Waals surface area contributed by atoms with Crippen molar-refractivity contribution in [2.75, 3.05) is 6.61 Å². The molecular formula is C13H21N3O4. The molecule has 20 heavy (non-hydrogen) atoms. The predicted molar refractivity (Wildman–Crippen MR) is 71.1 cm³/mol. The fourth-order valence-electron chi connectivity index (χ4n) is 1.60. The van der Waals surface area contributed by atoms with Gasteiger partial charge in [-0.1, -0.05) is 0 Å². The summed E-state index contributed by atoms with van der Waals surface area (Å²) in [6.45, 7) is 6.65. The van der Waals surface area contributed by atoms with E-state index in [-0.39, 0.29) is 13.0 Å². The van der Waals surface area contributed by atoms with Gasteiger partial charge in [-0.15, -0.1) is 0 Å². The molecule has 0 fully saturated rings. The number of nitrogens with zero attached hydrogens (tertiary/aromatic N) is 3. The molecule has 0 saturated carbocycles. The molecule has 112 valence electrons. The molecule has 0 unspecified atom stereocenters. The molecule has 1 heterocycles. The number of aliphatic hydroxyl groups is 1. The molecular weight excluding hydrogens is 262 g/mol. The SMILES string of the molecule is Cc1cncc([C@H](CCO)N(O)C(=O)OC(C)(C)C)n1. The van der Waals surface area contributed by atoms with Crippen molar-refractivity contribution in [1.82, 2.24) is 15.0 Å². The largest absolute Gasteiger partial charge is 0.442 e. The highest BCUT2D eigenvalue weighted by molar-refractivity contribution is 5.67. The highest BCUT2D eigenvalue weighted by Gasteiger charge is 2.29. The third kappa shape index (κ3) is 4.75. The lowest BCUT2D eigenvalue weighted by Gasteiger charge is -2.28. The van der Waals surface area contributed by atoms with Gasteiger partial charge in [-0.05, 0) is 34.1 Å². The smallest absolute Gasteiger partial charge is 0.434 e. The van der Waals surface area contributed by atoms with E-state index in [0.29, 0.717) is 16.5 Å². The molecule has 1 atom stereocenters. The van der Waals surface area contributed by atoms with E-state index in [4.69, 9.17) is 9.84 Å². The Kier molecular flexibility index (Phi) is 5.41. The summed E-state index contributed by atoms with van der Waals surface area (Å²) >= 11 is 0. The van der Waals surface area contributed by atoms with E-state index >= 15 is 0 Å². The van der Waals surface area contributed by atoms with Crippen LogP contribution in [-0.2, 0) is 4.74 Å². The fraction of sp³-hybridized carbons (Fsp3) is 0.615. The Morgan fingerprint density at radius 3 is 2.60 bits per heavy atom. The van der Waals surface area contributed by atoms with E-state index in [2.05, 4.69) is 9.97 Å². The number of aliphatic hydroxyl groups excluding tert-OH is 1. The standard InChI is InChI=1S/C13H21N3O4/c1-9-7-14-8-10(15-9)11(5-6-17)16(19)12(18)20-13(2,3)4/h7-8,11,17,19H,5-6H2,1-4H3/t11-/m0/s1. The van der Waals surface area contributed by atoms with Gasteiger partial charge >= 0.3 is 6.09 Å². The van der Waals surface area contributed by atoms with Crippen LogP contribution in [0.15, 0.2) is 12.4 Å². The molecule has 1 rings (SSSR count). The normalized spacial score (nSPS) is 12.9. The van der Waals surface area contributed by atoms with Crippen LogP contribution >= 0.6 is 0 Å². The first kappa shape index (κ1) is 16.3. The van der Waals surface area contributed by atoms with Gasteiger partial charge in [-0.25, -0.2) is 4.79 Å². The van der Waals surface area contributed by atoms with E-state index < -0.39 is 17.7 Å². The molecule has 0 aliphatic heterocycles. The molecule has 1 aromatic rings. The first-order chi connectivity index (χ1) is 9.24. The summed E-state index contributed by atoms with van der Waals surface area (Å²) in [6.07, 6.45) is 2.25. The monoisotopic (exact) mass is 283 g/mol. The van der Waals surface area contributed by atoms with Crippen LogP contribution in [0.5, 0.6) is 0 Å². The van der Waals surface area contributed by atoms with Crippen LogP contribution in [-0.4, -0.2) is 43.6 Å². The van der Waals surface area contributed by atoms with E-state index in [1.165, 1.54) is 6.20 Å². The molecule has 0 aliphatic carbocycles. The van der Waals surface area contributed by atoms with Gasteiger partial charge in [-0.3, -0.25) is 15.2 Å². The molecule has 0 radical (unpaired) electrons. The summed E-state index contributed by atoms with van der Waals surface area (Å²) in [5, 5.41) is 19.5. The van der Waals surface area contributed by atoms with Crippen molar-refractivity contribution in [3.63, 3.8) is 0 Å². The molecule has 0 aromatic carbocycles. The van der Waals surface area contributed by atoms with Crippen molar-refractivity contribution in [3.05, 3.63) is 23.8 Å². The minimum absolute atomic E-state index is 0.133. The molecule has 1 amide bonds. The first-order valence-corrected chi connectivity index (χ1v) is 6.35. The number of amides is 1. The van der Waals surface area contributed by atoms with Gasteiger partial charge in [0.2, 0.25) is 0 Å². The van der Waals surface area contributed by atoms with Crippen molar-refractivity contribution < 1.29 is 19.8 Å². The molecule has 2 N–H and O–H groups in total. The van der Waals surface area contributed by atoms with Crippen molar-refractivity contribution in [3.8, 4) is 0 Å². The molecule has 0 bridgehead atoms. The van der Waals surface area contributed by atoms with Gasteiger partial charge in [0, 0.05) is 12.8 Å². The molecule has 0 spiro atoms. The summed E-state index contributed by atoms with van der Waals surface area (Å²) < 4.78 is 5.09. The average Bonchev–Trinajstić information content (AvgIpc) is 2.33. The molecule has 7 nitrogen and oxygen atoms in total. The minimum atomic E-state index is -0.890. The number of hydroxylamine groups is 2. The number of carbonyl (C=O) groups is 1. The molecule has 7 heteroatoms. The predicted octanol–water partition coefficient (Wildman–Crippen LogP) is 1.83. The summed E-state index contributed by atoms with van der Waals surface area (Å²) in [5.74, 6) is 0. The van der Waals surface area contributed by atoms with Crippen molar-refractivity contribution in [1.29, 1.82) is 0 Å². The van der Waals surface area contributed by atoms with Gasteiger partial charge in [0.1, 0.15) is 11.6 Å². The Labute approximate surface area is 118 Å². The second-order valence-electron chi connectivity index (χ2n) is 5.44. The maximum Gasteiger partial charge on any atom is 0.434 e. The fourth-order valence-corrected chi connectivity index (χ4v) is 1.60. The highest BCUT2D eigenvalue weighted by atomic mass is 16.6. The zero-order valence-corrected chi connectivity index (χ0v) is 12.2. The van der Waals surface area contributed by atoms with Crippen LogP contribution < -0.4 is 0 Å². The first-order valence-electron chi connectivity index (χ1n) is 6.35. The Balaban J connectivity index is 2.93. The summed E-state index contributed by atoms with van der Waals surface area (Å²) in [5.41, 5.74) is 0.329. The lowest BCUT2D eigenvalue weighted by Crippen LogP contribution is -2.37. The number of carbonyl (C=O) groups excluding carboxylic acids is 1. The van der Waals surface area contributed by atoms with Gasteiger partial charge in [0.15, 0.2) is 0 Å². The number of ether oxygens (including phenoxy) is 1. The lowest BCUT2D eigenvalue weighted by molar-refractivity contribution is -0.126. The third-order valence-corrected chi connectivity index (χ3v) is 2.39. The zero-order valence-electron chi connectivity index (χ0n) is 12.2. The van der Waals surface area contributed by atoms with Gasteiger partial charge in [0.25, 0.3) is 0 Å². The minimum Gasteiger partial charge on any atom is -0.442 e. The molecule has 1 aromatic heterocycles.